The van der Waals surface area contributed by atoms with Crippen molar-refractivity contribution in [2.75, 3.05) is 18.6 Å². The molecular weight excluding hydrogens is 357 g/mol. The minimum atomic E-state index is -4.59. The van der Waals surface area contributed by atoms with Gasteiger partial charge in [0, 0.05) is 17.0 Å². The molecule has 9 heteroatoms. The first-order valence-corrected chi connectivity index (χ1v) is 7.36. The summed E-state index contributed by atoms with van der Waals surface area (Å²) in [5, 5.41) is 0.0755. The van der Waals surface area contributed by atoms with Crippen molar-refractivity contribution < 1.29 is 17.9 Å². The zero-order valence-electron chi connectivity index (χ0n) is 12.9. The Hall–Kier alpha value is -2.74. The van der Waals surface area contributed by atoms with Crippen molar-refractivity contribution in [3.8, 4) is 17.1 Å². The fraction of sp³-hybridized carbons (Fsp3) is 0.125. The largest absolute Gasteiger partial charge is 0.495 e. The monoisotopic (exact) mass is 368 g/mol. The van der Waals surface area contributed by atoms with Gasteiger partial charge in [0.2, 0.25) is 0 Å². The standard InChI is InChI=1S/C16H12ClF3N4O/c1-25-13-6-12-8(5-11(13)21)14(22)24-15(23-12)7-2-3-10(17)9(4-7)16(18,19)20/h2-6H,21H2,1H3,(H2,22,23,24). The quantitative estimate of drug-likeness (QED) is 0.664. The summed E-state index contributed by atoms with van der Waals surface area (Å²) >= 11 is 5.64. The summed E-state index contributed by atoms with van der Waals surface area (Å²) in [4.78, 5) is 8.35. The molecule has 5 nitrogen and oxygen atoms in total. The van der Waals surface area contributed by atoms with Crippen LogP contribution in [0.3, 0.4) is 0 Å². The topological polar surface area (TPSA) is 87.0 Å². The number of methoxy groups -OCH3 is 1. The lowest BCUT2D eigenvalue weighted by Gasteiger charge is -2.12. The van der Waals surface area contributed by atoms with Gasteiger partial charge in [0.15, 0.2) is 5.82 Å². The van der Waals surface area contributed by atoms with Gasteiger partial charge in [0.05, 0.1) is 28.9 Å². The third kappa shape index (κ3) is 3.12. The number of nitrogen functional groups attached to an aromatic ring is 2. The molecule has 0 aliphatic rings. The Morgan fingerprint density at radius 2 is 1.80 bits per heavy atom. The molecule has 0 fully saturated rings. The van der Waals surface area contributed by atoms with Crippen LogP contribution in [0.1, 0.15) is 5.56 Å². The third-order valence-electron chi connectivity index (χ3n) is 3.61. The van der Waals surface area contributed by atoms with Gasteiger partial charge in [-0.25, -0.2) is 9.97 Å². The summed E-state index contributed by atoms with van der Waals surface area (Å²) in [6, 6.07) is 6.53. The van der Waals surface area contributed by atoms with E-state index < -0.39 is 16.8 Å². The molecule has 3 rings (SSSR count). The van der Waals surface area contributed by atoms with Crippen LogP contribution in [0.2, 0.25) is 5.02 Å². The van der Waals surface area contributed by atoms with Gasteiger partial charge in [-0.15, -0.1) is 0 Å². The normalized spacial score (nSPS) is 11.7. The Balaban J connectivity index is 2.21. The molecule has 0 spiro atoms. The molecule has 1 heterocycles. The molecule has 0 bridgehead atoms. The van der Waals surface area contributed by atoms with Crippen LogP contribution >= 0.6 is 11.6 Å². The van der Waals surface area contributed by atoms with E-state index in [1.165, 1.54) is 13.2 Å². The first kappa shape index (κ1) is 17.1. The van der Waals surface area contributed by atoms with Crippen molar-refractivity contribution in [2.24, 2.45) is 0 Å². The van der Waals surface area contributed by atoms with Gasteiger partial charge in [0.25, 0.3) is 0 Å². The highest BCUT2D eigenvalue weighted by atomic mass is 35.5. The zero-order valence-corrected chi connectivity index (χ0v) is 13.6. The van der Waals surface area contributed by atoms with Crippen LogP contribution in [-0.4, -0.2) is 17.1 Å². The molecule has 0 unspecified atom stereocenters. The zero-order chi connectivity index (χ0) is 18.4. The molecule has 25 heavy (non-hydrogen) atoms. The second-order valence-corrected chi connectivity index (χ2v) is 5.64. The molecular formula is C16H12ClF3N4O. The van der Waals surface area contributed by atoms with Crippen LogP contribution in [-0.2, 0) is 6.18 Å². The lowest BCUT2D eigenvalue weighted by molar-refractivity contribution is -0.137. The number of fused-ring (bicyclic) bond motifs is 1. The van der Waals surface area contributed by atoms with Crippen LogP contribution < -0.4 is 16.2 Å². The van der Waals surface area contributed by atoms with Gasteiger partial charge in [-0.05, 0) is 24.3 Å². The van der Waals surface area contributed by atoms with Crippen LogP contribution in [0.15, 0.2) is 30.3 Å². The van der Waals surface area contributed by atoms with Crippen molar-refractivity contribution in [1.82, 2.24) is 9.97 Å². The molecule has 0 aliphatic carbocycles. The molecule has 0 radical (unpaired) electrons. The number of ether oxygens (including phenoxy) is 1. The fourth-order valence-electron chi connectivity index (χ4n) is 2.38. The molecule has 0 amide bonds. The van der Waals surface area contributed by atoms with Gasteiger partial charge >= 0.3 is 6.18 Å². The summed E-state index contributed by atoms with van der Waals surface area (Å²) in [6.07, 6.45) is -4.59. The van der Waals surface area contributed by atoms with Crippen molar-refractivity contribution in [3.63, 3.8) is 0 Å². The number of hydrogen-bond acceptors (Lipinski definition) is 5. The Morgan fingerprint density at radius 3 is 2.44 bits per heavy atom. The number of anilines is 2. The molecule has 130 valence electrons. The van der Waals surface area contributed by atoms with E-state index >= 15 is 0 Å². The molecule has 0 atom stereocenters. The lowest BCUT2D eigenvalue weighted by Crippen LogP contribution is -2.06. The van der Waals surface area contributed by atoms with Gasteiger partial charge in [-0.2, -0.15) is 13.2 Å². The fourth-order valence-corrected chi connectivity index (χ4v) is 2.61. The summed E-state index contributed by atoms with van der Waals surface area (Å²) in [5.41, 5.74) is 11.7. The Labute approximate surface area is 145 Å². The number of nitrogens with two attached hydrogens (primary N) is 2. The maximum absolute atomic E-state index is 13.0. The number of nitrogens with zero attached hydrogens (tertiary/aromatic N) is 2. The van der Waals surface area contributed by atoms with Gasteiger partial charge < -0.3 is 16.2 Å². The summed E-state index contributed by atoms with van der Waals surface area (Å²) in [6.45, 7) is 0. The molecule has 0 aliphatic heterocycles. The van der Waals surface area contributed by atoms with Crippen molar-refractivity contribution >= 4 is 34.0 Å². The number of halogens is 4. The predicted molar refractivity (Wildman–Crippen MR) is 90.4 cm³/mol. The van der Waals surface area contributed by atoms with Crippen molar-refractivity contribution in [1.29, 1.82) is 0 Å². The van der Waals surface area contributed by atoms with Crippen LogP contribution in [0.5, 0.6) is 5.75 Å². The maximum atomic E-state index is 13.0. The van der Waals surface area contributed by atoms with Crippen LogP contribution in [0.25, 0.3) is 22.3 Å². The Kier molecular flexibility index (Phi) is 4.08. The number of aromatic nitrogens is 2. The van der Waals surface area contributed by atoms with E-state index in [4.69, 9.17) is 27.8 Å². The third-order valence-corrected chi connectivity index (χ3v) is 3.94. The Bertz CT molecular complexity index is 976. The van der Waals surface area contributed by atoms with Gasteiger partial charge in [0.1, 0.15) is 11.6 Å². The molecule has 2 aromatic carbocycles. The van der Waals surface area contributed by atoms with Crippen LogP contribution in [0.4, 0.5) is 24.7 Å². The van der Waals surface area contributed by atoms with E-state index in [2.05, 4.69) is 9.97 Å². The minimum absolute atomic E-state index is 0.0407. The van der Waals surface area contributed by atoms with Crippen LogP contribution in [0, 0.1) is 0 Å². The Morgan fingerprint density at radius 1 is 1.08 bits per heavy atom. The summed E-state index contributed by atoms with van der Waals surface area (Å²) < 4.78 is 44.2. The summed E-state index contributed by atoms with van der Waals surface area (Å²) in [5.74, 6) is 0.514. The molecule has 4 N–H and O–H groups in total. The van der Waals surface area contributed by atoms with Gasteiger partial charge in [-0.3, -0.25) is 0 Å². The second-order valence-electron chi connectivity index (χ2n) is 5.24. The first-order valence-electron chi connectivity index (χ1n) is 6.98. The van der Waals surface area contributed by atoms with E-state index in [1.807, 2.05) is 0 Å². The lowest BCUT2D eigenvalue weighted by atomic mass is 10.1. The smallest absolute Gasteiger partial charge is 0.417 e. The number of benzene rings is 2. The molecule has 3 aromatic rings. The molecule has 0 saturated heterocycles. The van der Waals surface area contributed by atoms with E-state index in [0.29, 0.717) is 22.3 Å². The minimum Gasteiger partial charge on any atom is -0.495 e. The van der Waals surface area contributed by atoms with E-state index in [1.54, 1.807) is 12.1 Å². The van der Waals surface area contributed by atoms with Crippen molar-refractivity contribution in [3.05, 3.63) is 40.9 Å². The van der Waals surface area contributed by atoms with E-state index in [0.717, 1.165) is 12.1 Å². The highest BCUT2D eigenvalue weighted by Crippen LogP contribution is 2.37. The highest BCUT2D eigenvalue weighted by molar-refractivity contribution is 6.31. The SMILES string of the molecule is COc1cc2nc(-c3ccc(Cl)c(C(F)(F)F)c3)nc(N)c2cc1N. The van der Waals surface area contributed by atoms with E-state index in [9.17, 15) is 13.2 Å². The maximum Gasteiger partial charge on any atom is 0.417 e. The van der Waals surface area contributed by atoms with Gasteiger partial charge in [-0.1, -0.05) is 11.6 Å². The average Bonchev–Trinajstić information content (AvgIpc) is 2.54. The van der Waals surface area contributed by atoms with Crippen molar-refractivity contribution in [2.45, 2.75) is 6.18 Å². The summed E-state index contributed by atoms with van der Waals surface area (Å²) in [7, 11) is 1.44. The highest BCUT2D eigenvalue weighted by Gasteiger charge is 2.33. The number of rotatable bonds is 2. The second kappa shape index (κ2) is 5.96. The average molecular weight is 369 g/mol. The molecule has 1 aromatic heterocycles. The predicted octanol–water partition coefficient (Wildman–Crippen LogP) is 4.14. The van der Waals surface area contributed by atoms with E-state index in [-0.39, 0.29) is 17.2 Å². The number of alkyl halides is 3. The number of hydrogen-bond donors (Lipinski definition) is 2. The molecule has 0 saturated carbocycles. The first-order chi connectivity index (χ1) is 11.7.